The van der Waals surface area contributed by atoms with Gasteiger partial charge in [0.15, 0.2) is 0 Å². The lowest BCUT2D eigenvalue weighted by molar-refractivity contribution is 0.00190. The lowest BCUT2D eigenvalue weighted by atomic mass is 9.96. The Morgan fingerprint density at radius 1 is 1.12 bits per heavy atom. The fourth-order valence-corrected chi connectivity index (χ4v) is 4.71. The molecular weight excluding hydrogens is 457 g/mol. The van der Waals surface area contributed by atoms with Crippen molar-refractivity contribution in [2.75, 3.05) is 31.6 Å². The van der Waals surface area contributed by atoms with Crippen LogP contribution in [-0.2, 0) is 14.8 Å². The van der Waals surface area contributed by atoms with Crippen LogP contribution in [0.5, 0.6) is 0 Å². The first-order valence-corrected chi connectivity index (χ1v) is 12.4. The summed E-state index contributed by atoms with van der Waals surface area (Å²) in [4.78, 5) is 12.0. The Bertz CT molecular complexity index is 1030. The molecule has 1 aliphatic rings. The highest BCUT2D eigenvalue weighted by atomic mass is 35.5. The lowest BCUT2D eigenvalue weighted by Gasteiger charge is -2.25. The van der Waals surface area contributed by atoms with E-state index >= 15 is 0 Å². The number of hydrogen-bond donors (Lipinski definition) is 3. The van der Waals surface area contributed by atoms with Crippen molar-refractivity contribution in [2.24, 2.45) is 0 Å². The second kappa shape index (κ2) is 11.6. The van der Waals surface area contributed by atoms with Crippen molar-refractivity contribution in [3.05, 3.63) is 58.9 Å². The smallest absolute Gasteiger partial charge is 0.254 e. The van der Waals surface area contributed by atoms with Gasteiger partial charge in [-0.2, -0.15) is 0 Å². The minimum atomic E-state index is -3.73. The number of hydrogen-bond acceptors (Lipinski definition) is 5. The van der Waals surface area contributed by atoms with Gasteiger partial charge in [0.05, 0.1) is 16.7 Å². The van der Waals surface area contributed by atoms with Crippen LogP contribution in [0.25, 0.3) is 0 Å². The third-order valence-electron chi connectivity index (χ3n) is 5.10. The van der Waals surface area contributed by atoms with Crippen molar-refractivity contribution in [3.8, 4) is 0 Å². The third-order valence-corrected chi connectivity index (χ3v) is 7.04. The quantitative estimate of drug-likeness (QED) is 0.401. The molecule has 2 aromatic rings. The molecule has 0 heterocycles. The van der Waals surface area contributed by atoms with Gasteiger partial charge in [-0.15, -0.1) is 0 Å². The molecule has 0 radical (unpaired) electrons. The zero-order valence-electron chi connectivity index (χ0n) is 17.6. The van der Waals surface area contributed by atoms with Gasteiger partial charge in [-0.3, -0.25) is 4.79 Å². The molecule has 174 valence electrons. The molecule has 3 N–H and O–H groups in total. The van der Waals surface area contributed by atoms with E-state index in [0.717, 1.165) is 12.8 Å². The number of benzene rings is 2. The van der Waals surface area contributed by atoms with Crippen molar-refractivity contribution in [1.29, 1.82) is 0 Å². The van der Waals surface area contributed by atoms with Crippen LogP contribution in [0, 0.1) is 5.82 Å². The Morgan fingerprint density at radius 2 is 1.91 bits per heavy atom. The number of ether oxygens (including phenoxy) is 1. The molecule has 1 aliphatic carbocycles. The number of sulfonamides is 1. The number of carbonyl (C=O) groups excluding carboxylic acids is 1. The minimum absolute atomic E-state index is 0.00233. The van der Waals surface area contributed by atoms with Crippen molar-refractivity contribution in [1.82, 2.24) is 10.0 Å². The highest BCUT2D eigenvalue weighted by Gasteiger charge is 2.19. The van der Waals surface area contributed by atoms with Crippen LogP contribution in [0.4, 0.5) is 10.1 Å². The molecule has 0 saturated heterocycles. The van der Waals surface area contributed by atoms with E-state index in [1.54, 1.807) is 12.1 Å². The molecule has 0 bridgehead atoms. The van der Waals surface area contributed by atoms with E-state index in [9.17, 15) is 17.6 Å². The predicted molar refractivity (Wildman–Crippen MR) is 122 cm³/mol. The molecule has 2 aromatic carbocycles. The van der Waals surface area contributed by atoms with Gasteiger partial charge < -0.3 is 15.4 Å². The Kier molecular flexibility index (Phi) is 8.86. The van der Waals surface area contributed by atoms with Crippen LogP contribution in [0.15, 0.2) is 47.4 Å². The number of nitrogens with one attached hydrogen (secondary N) is 3. The summed E-state index contributed by atoms with van der Waals surface area (Å²) < 4.78 is 46.7. The first kappa shape index (κ1) is 24.4. The zero-order valence-corrected chi connectivity index (χ0v) is 19.1. The first-order chi connectivity index (χ1) is 15.4. The largest absolute Gasteiger partial charge is 0.383 e. The summed E-state index contributed by atoms with van der Waals surface area (Å²) in [7, 11) is -3.73. The molecule has 1 amide bonds. The van der Waals surface area contributed by atoms with E-state index in [-0.39, 0.29) is 28.6 Å². The van der Waals surface area contributed by atoms with E-state index in [1.807, 2.05) is 0 Å². The molecular formula is C22H27ClFN3O4S. The molecule has 3 rings (SSSR count). The minimum Gasteiger partial charge on any atom is -0.383 e. The normalized spacial score (nSPS) is 14.1. The van der Waals surface area contributed by atoms with Gasteiger partial charge in [-0.05, 0) is 56.0 Å². The maximum atomic E-state index is 13.6. The van der Waals surface area contributed by atoms with Crippen LogP contribution < -0.4 is 15.4 Å². The Balaban J connectivity index is 1.42. The lowest BCUT2D eigenvalue weighted by Crippen LogP contribution is -2.29. The van der Waals surface area contributed by atoms with E-state index < -0.39 is 21.7 Å². The van der Waals surface area contributed by atoms with Gasteiger partial charge in [0.25, 0.3) is 5.91 Å². The molecule has 7 nitrogen and oxygen atoms in total. The summed E-state index contributed by atoms with van der Waals surface area (Å²) in [6, 6.07) is 10.3. The van der Waals surface area contributed by atoms with Crippen molar-refractivity contribution in [2.45, 2.75) is 36.7 Å². The Morgan fingerprint density at radius 3 is 2.59 bits per heavy atom. The SMILES string of the molecule is O=C(NCCNc1ccc(S(=O)(=O)NCCCOC2CCC2)c(Cl)c1)c1ccccc1F. The fraction of sp³-hybridized carbons (Fsp3) is 0.409. The number of amides is 1. The van der Waals surface area contributed by atoms with E-state index in [0.29, 0.717) is 31.4 Å². The van der Waals surface area contributed by atoms with Gasteiger partial charge in [0, 0.05) is 31.9 Å². The molecule has 0 aromatic heterocycles. The molecule has 32 heavy (non-hydrogen) atoms. The second-order valence-electron chi connectivity index (χ2n) is 7.48. The number of rotatable bonds is 12. The summed E-state index contributed by atoms with van der Waals surface area (Å²) in [5.74, 6) is -1.09. The monoisotopic (exact) mass is 483 g/mol. The second-order valence-corrected chi connectivity index (χ2v) is 9.63. The molecule has 10 heteroatoms. The first-order valence-electron chi connectivity index (χ1n) is 10.5. The predicted octanol–water partition coefficient (Wildman–Crippen LogP) is 3.56. The van der Waals surface area contributed by atoms with Gasteiger partial charge in [-0.1, -0.05) is 23.7 Å². The van der Waals surface area contributed by atoms with Crippen molar-refractivity contribution in [3.63, 3.8) is 0 Å². The molecule has 0 atom stereocenters. The summed E-state index contributed by atoms with van der Waals surface area (Å²) in [5.41, 5.74) is 0.579. The summed E-state index contributed by atoms with van der Waals surface area (Å²) in [5, 5.41) is 5.75. The van der Waals surface area contributed by atoms with E-state index in [1.165, 1.54) is 36.8 Å². The number of carbonyl (C=O) groups is 1. The maximum absolute atomic E-state index is 13.6. The number of halogens is 2. The van der Waals surface area contributed by atoms with E-state index in [4.69, 9.17) is 16.3 Å². The van der Waals surface area contributed by atoms with Crippen LogP contribution in [0.3, 0.4) is 0 Å². The molecule has 0 spiro atoms. The molecule has 1 fully saturated rings. The van der Waals surface area contributed by atoms with Crippen LogP contribution in [0.2, 0.25) is 5.02 Å². The average molecular weight is 484 g/mol. The van der Waals surface area contributed by atoms with Crippen LogP contribution in [0.1, 0.15) is 36.0 Å². The van der Waals surface area contributed by atoms with Crippen LogP contribution >= 0.6 is 11.6 Å². The third kappa shape index (κ3) is 6.90. The van der Waals surface area contributed by atoms with Gasteiger partial charge in [-0.25, -0.2) is 17.5 Å². The highest BCUT2D eigenvalue weighted by molar-refractivity contribution is 7.89. The van der Waals surface area contributed by atoms with Crippen molar-refractivity contribution < 1.29 is 22.3 Å². The van der Waals surface area contributed by atoms with Gasteiger partial charge in [0.1, 0.15) is 10.7 Å². The summed E-state index contributed by atoms with van der Waals surface area (Å²) in [6.45, 7) is 1.39. The standard InChI is InChI=1S/C22H27ClFN3O4S/c23-19-15-16(25-12-13-26-22(28)18-7-1-2-8-20(18)24)9-10-21(19)32(29,30)27-11-4-14-31-17-5-3-6-17/h1-2,7-10,15,17,25,27H,3-6,11-14H2,(H,26,28). The Hall–Kier alpha value is -2.20. The summed E-state index contributed by atoms with van der Waals surface area (Å²) >= 11 is 6.19. The fourth-order valence-electron chi connectivity index (χ4n) is 3.10. The average Bonchev–Trinajstić information content (AvgIpc) is 2.72. The van der Waals surface area contributed by atoms with Gasteiger partial charge in [0.2, 0.25) is 10.0 Å². The van der Waals surface area contributed by atoms with Gasteiger partial charge >= 0.3 is 0 Å². The maximum Gasteiger partial charge on any atom is 0.254 e. The summed E-state index contributed by atoms with van der Waals surface area (Å²) in [6.07, 6.45) is 4.28. The zero-order chi connectivity index (χ0) is 23.0. The van der Waals surface area contributed by atoms with E-state index in [2.05, 4.69) is 15.4 Å². The molecule has 1 saturated carbocycles. The Labute approximate surface area is 192 Å². The van der Waals surface area contributed by atoms with Crippen molar-refractivity contribution >= 4 is 33.2 Å². The molecule has 0 aliphatic heterocycles. The highest BCUT2D eigenvalue weighted by Crippen LogP contribution is 2.25. The topological polar surface area (TPSA) is 96.5 Å². The molecule has 0 unspecified atom stereocenters. The number of anilines is 1. The van der Waals surface area contributed by atoms with Crippen LogP contribution in [-0.4, -0.2) is 46.7 Å².